The molecule has 0 radical (unpaired) electrons. The highest BCUT2D eigenvalue weighted by atomic mass is 16.5. The number of likely N-dealkylation sites (tertiary alicyclic amines) is 1. The summed E-state index contributed by atoms with van der Waals surface area (Å²) in [6, 6.07) is 15.2. The minimum Gasteiger partial charge on any atom is -0.480 e. The van der Waals surface area contributed by atoms with E-state index in [1.807, 2.05) is 31.2 Å². The van der Waals surface area contributed by atoms with Crippen LogP contribution in [0.15, 0.2) is 48.5 Å². The average Bonchev–Trinajstić information content (AvgIpc) is 3.38. The molecule has 1 unspecified atom stereocenters. The Morgan fingerprint density at radius 1 is 1.09 bits per heavy atom. The van der Waals surface area contributed by atoms with Crippen LogP contribution in [0, 0.1) is 5.92 Å². The summed E-state index contributed by atoms with van der Waals surface area (Å²) >= 11 is 0. The Bertz CT molecular complexity index is 1030. The second kappa shape index (κ2) is 10.3. The fourth-order valence-electron chi connectivity index (χ4n) is 4.93. The number of aliphatic carboxylic acids is 1. The van der Waals surface area contributed by atoms with E-state index in [9.17, 15) is 24.6 Å². The highest BCUT2D eigenvalue weighted by Gasteiger charge is 2.39. The monoisotopic (exact) mass is 466 g/mol. The van der Waals surface area contributed by atoms with Gasteiger partial charge in [0.25, 0.3) is 0 Å². The predicted molar refractivity (Wildman–Crippen MR) is 125 cm³/mol. The number of β-amino-alcohol motifs (C(OH)–C–C–N with tert-alkyl or cyclic N) is 1. The average molecular weight is 467 g/mol. The molecule has 1 fully saturated rings. The van der Waals surface area contributed by atoms with Crippen LogP contribution in [0.2, 0.25) is 0 Å². The second-order valence-electron chi connectivity index (χ2n) is 8.97. The molecule has 180 valence electrons. The number of carbonyl (C=O) groups excluding carboxylic acids is 2. The van der Waals surface area contributed by atoms with Crippen molar-refractivity contribution in [2.45, 2.75) is 44.2 Å². The van der Waals surface area contributed by atoms with Crippen LogP contribution in [0.3, 0.4) is 0 Å². The number of rotatable bonds is 8. The Morgan fingerprint density at radius 2 is 1.71 bits per heavy atom. The van der Waals surface area contributed by atoms with Crippen LogP contribution >= 0.6 is 0 Å². The molecule has 2 amide bonds. The molecular weight excluding hydrogens is 436 g/mol. The Labute approximate surface area is 198 Å². The molecule has 0 saturated carbocycles. The molecule has 2 aromatic rings. The minimum absolute atomic E-state index is 0.0199. The molecule has 8 heteroatoms. The van der Waals surface area contributed by atoms with E-state index in [1.54, 1.807) is 0 Å². The van der Waals surface area contributed by atoms with Crippen molar-refractivity contribution in [3.8, 4) is 11.1 Å². The summed E-state index contributed by atoms with van der Waals surface area (Å²) in [7, 11) is 0. The zero-order valence-electron chi connectivity index (χ0n) is 19.1. The van der Waals surface area contributed by atoms with Gasteiger partial charge in [0.2, 0.25) is 5.91 Å². The molecule has 2 aliphatic rings. The van der Waals surface area contributed by atoms with Crippen molar-refractivity contribution in [1.82, 2.24) is 10.2 Å². The lowest BCUT2D eigenvalue weighted by Gasteiger charge is -2.24. The molecule has 3 N–H and O–H groups in total. The lowest BCUT2D eigenvalue weighted by atomic mass is 9.98. The van der Waals surface area contributed by atoms with Crippen molar-refractivity contribution >= 4 is 18.0 Å². The van der Waals surface area contributed by atoms with Crippen LogP contribution in [-0.2, 0) is 14.3 Å². The number of carboxylic acids is 1. The number of alkyl carbamates (subject to hydrolysis) is 1. The van der Waals surface area contributed by atoms with Gasteiger partial charge in [-0.1, -0.05) is 61.9 Å². The maximum atomic E-state index is 12.7. The van der Waals surface area contributed by atoms with Crippen molar-refractivity contribution in [2.75, 3.05) is 19.7 Å². The van der Waals surface area contributed by atoms with Crippen LogP contribution in [-0.4, -0.2) is 64.9 Å². The zero-order chi connectivity index (χ0) is 24.2. The van der Waals surface area contributed by atoms with Crippen LogP contribution in [0.5, 0.6) is 0 Å². The number of hydrogen-bond donors (Lipinski definition) is 3. The lowest BCUT2D eigenvalue weighted by Crippen LogP contribution is -2.42. The maximum Gasteiger partial charge on any atom is 0.407 e. The second-order valence-corrected chi connectivity index (χ2v) is 8.97. The first kappa shape index (κ1) is 23.8. The number of benzene rings is 2. The summed E-state index contributed by atoms with van der Waals surface area (Å²) < 4.78 is 5.55. The SMILES string of the molecule is CCC(CNC(=O)OCC1c2ccccc2-c2ccccc21)CC(=O)N1C[C@H](O)C[C@@H]1C(=O)O. The van der Waals surface area contributed by atoms with Crippen molar-refractivity contribution in [1.29, 1.82) is 0 Å². The first-order valence-corrected chi connectivity index (χ1v) is 11.7. The first-order chi connectivity index (χ1) is 16.4. The van der Waals surface area contributed by atoms with E-state index in [2.05, 4.69) is 29.6 Å². The van der Waals surface area contributed by atoms with Crippen molar-refractivity contribution in [3.05, 3.63) is 59.7 Å². The highest BCUT2D eigenvalue weighted by molar-refractivity contribution is 5.84. The van der Waals surface area contributed by atoms with Crippen LogP contribution in [0.25, 0.3) is 11.1 Å². The van der Waals surface area contributed by atoms with Gasteiger partial charge in [-0.25, -0.2) is 9.59 Å². The third-order valence-corrected chi connectivity index (χ3v) is 6.80. The zero-order valence-corrected chi connectivity index (χ0v) is 19.1. The number of nitrogens with zero attached hydrogens (tertiary/aromatic N) is 1. The summed E-state index contributed by atoms with van der Waals surface area (Å²) in [6.07, 6.45) is -0.618. The van der Waals surface area contributed by atoms with Crippen LogP contribution < -0.4 is 5.32 Å². The summed E-state index contributed by atoms with van der Waals surface area (Å²) in [6.45, 7) is 2.38. The fraction of sp³-hybridized carbons (Fsp3) is 0.423. The van der Waals surface area contributed by atoms with Gasteiger partial charge in [0.1, 0.15) is 12.6 Å². The number of nitrogens with one attached hydrogen (secondary N) is 1. The molecule has 2 aromatic carbocycles. The van der Waals surface area contributed by atoms with Gasteiger partial charge in [0.05, 0.1) is 6.10 Å². The smallest absolute Gasteiger partial charge is 0.407 e. The predicted octanol–water partition coefficient (Wildman–Crippen LogP) is 2.99. The van der Waals surface area contributed by atoms with Gasteiger partial charge in [0, 0.05) is 31.8 Å². The molecule has 1 saturated heterocycles. The molecule has 0 aromatic heterocycles. The summed E-state index contributed by atoms with van der Waals surface area (Å²) in [5.74, 6) is -1.64. The molecule has 0 spiro atoms. The Kier molecular flexibility index (Phi) is 7.17. The highest BCUT2D eigenvalue weighted by Crippen LogP contribution is 2.44. The normalized spacial score (nSPS) is 19.9. The molecule has 3 atom stereocenters. The molecule has 8 nitrogen and oxygen atoms in total. The quantitative estimate of drug-likeness (QED) is 0.551. The molecule has 1 aliphatic heterocycles. The van der Waals surface area contributed by atoms with E-state index in [0.29, 0.717) is 6.42 Å². The van der Waals surface area contributed by atoms with Gasteiger partial charge in [0.15, 0.2) is 0 Å². The maximum absolute atomic E-state index is 12.7. The van der Waals surface area contributed by atoms with Crippen molar-refractivity contribution in [2.24, 2.45) is 5.92 Å². The molecular formula is C26H30N2O6. The summed E-state index contributed by atoms with van der Waals surface area (Å²) in [5.41, 5.74) is 4.58. The van der Waals surface area contributed by atoms with Crippen LogP contribution in [0.4, 0.5) is 4.79 Å². The largest absolute Gasteiger partial charge is 0.480 e. The number of ether oxygens (including phenoxy) is 1. The van der Waals surface area contributed by atoms with Gasteiger partial charge in [-0.3, -0.25) is 4.79 Å². The number of fused-ring (bicyclic) bond motifs is 3. The lowest BCUT2D eigenvalue weighted by molar-refractivity contribution is -0.148. The van der Waals surface area contributed by atoms with E-state index in [4.69, 9.17) is 4.74 Å². The number of aliphatic hydroxyl groups is 1. The molecule has 4 rings (SSSR count). The van der Waals surface area contributed by atoms with E-state index >= 15 is 0 Å². The molecule has 34 heavy (non-hydrogen) atoms. The topological polar surface area (TPSA) is 116 Å². The Hall–Kier alpha value is -3.39. The number of carbonyl (C=O) groups is 3. The Balaban J connectivity index is 1.30. The van der Waals surface area contributed by atoms with E-state index in [0.717, 1.165) is 22.3 Å². The van der Waals surface area contributed by atoms with Gasteiger partial charge in [-0.2, -0.15) is 0 Å². The summed E-state index contributed by atoms with van der Waals surface area (Å²) in [4.78, 5) is 37.7. The first-order valence-electron chi connectivity index (χ1n) is 11.7. The van der Waals surface area contributed by atoms with Crippen molar-refractivity contribution in [3.63, 3.8) is 0 Å². The molecule has 1 aliphatic carbocycles. The van der Waals surface area contributed by atoms with Gasteiger partial charge in [-0.05, 0) is 28.2 Å². The van der Waals surface area contributed by atoms with Crippen molar-refractivity contribution < 1.29 is 29.3 Å². The van der Waals surface area contributed by atoms with E-state index < -0.39 is 24.2 Å². The van der Waals surface area contributed by atoms with E-state index in [1.165, 1.54) is 4.90 Å². The molecule has 1 heterocycles. The third-order valence-electron chi connectivity index (χ3n) is 6.80. The number of aliphatic hydroxyl groups excluding tert-OH is 1. The summed E-state index contributed by atoms with van der Waals surface area (Å²) in [5, 5.41) is 21.8. The number of hydrogen-bond acceptors (Lipinski definition) is 5. The number of carboxylic acid groups (broad SMARTS) is 1. The van der Waals surface area contributed by atoms with Gasteiger partial charge < -0.3 is 25.2 Å². The van der Waals surface area contributed by atoms with Gasteiger partial charge in [-0.15, -0.1) is 0 Å². The third kappa shape index (κ3) is 4.92. The Morgan fingerprint density at radius 3 is 2.29 bits per heavy atom. The van der Waals surface area contributed by atoms with Gasteiger partial charge >= 0.3 is 12.1 Å². The minimum atomic E-state index is -1.12. The van der Waals surface area contributed by atoms with E-state index in [-0.39, 0.29) is 50.3 Å². The molecule has 0 bridgehead atoms. The fourth-order valence-corrected chi connectivity index (χ4v) is 4.93. The number of amides is 2. The standard InChI is InChI=1S/C26H30N2O6/c1-2-16(11-24(30)28-14-17(29)12-23(28)25(31)32)13-27-26(33)34-15-22-20-9-5-3-7-18(20)19-8-4-6-10-21(19)22/h3-10,16-17,22-23,29H,2,11-15H2,1H3,(H,27,33)(H,31,32)/t16?,17-,23-/m1/s1. The van der Waals surface area contributed by atoms with Crippen LogP contribution in [0.1, 0.15) is 43.2 Å².